The van der Waals surface area contributed by atoms with Gasteiger partial charge in [-0.05, 0) is 5.56 Å². The Morgan fingerprint density at radius 3 is 2.43 bits per heavy atom. The Morgan fingerprint density at radius 1 is 1.21 bits per heavy atom. The second-order valence-electron chi connectivity index (χ2n) is 3.50. The minimum atomic E-state index is -2.76. The fourth-order valence-corrected chi connectivity index (χ4v) is 2.63. The zero-order valence-corrected chi connectivity index (χ0v) is 8.53. The first-order chi connectivity index (χ1) is 6.66. The van der Waals surface area contributed by atoms with Crippen molar-refractivity contribution in [3.63, 3.8) is 0 Å². The maximum absolute atomic E-state index is 10.8. The van der Waals surface area contributed by atoms with Crippen LogP contribution in [-0.4, -0.2) is 26.0 Å². The topological polar surface area (TPSA) is 43.4 Å². The predicted octanol–water partition coefficient (Wildman–Crippen LogP) is 1.00. The summed E-state index contributed by atoms with van der Waals surface area (Å²) in [6, 6.07) is 9.75. The van der Waals surface area contributed by atoms with E-state index in [4.69, 9.17) is 4.74 Å². The molecular weight excluding hydrogens is 200 g/mol. The van der Waals surface area contributed by atoms with Crippen molar-refractivity contribution in [2.45, 2.75) is 12.7 Å². The molecule has 76 valence electrons. The number of ether oxygens (including phenoxy) is 1. The van der Waals surface area contributed by atoms with E-state index in [1.807, 2.05) is 30.3 Å². The summed E-state index contributed by atoms with van der Waals surface area (Å²) in [4.78, 5) is 0. The SMILES string of the molecule is O=S1(=O)CC(OCc2ccccc2)C1. The monoisotopic (exact) mass is 212 g/mol. The molecule has 1 fully saturated rings. The van der Waals surface area contributed by atoms with Crippen molar-refractivity contribution in [1.82, 2.24) is 0 Å². The molecular formula is C10H12O3S. The Kier molecular flexibility index (Phi) is 2.56. The molecule has 0 bridgehead atoms. The molecule has 0 atom stereocenters. The van der Waals surface area contributed by atoms with Gasteiger partial charge in [-0.25, -0.2) is 8.42 Å². The summed E-state index contributed by atoms with van der Waals surface area (Å²) in [5.41, 5.74) is 1.08. The maximum atomic E-state index is 10.8. The molecule has 4 heteroatoms. The van der Waals surface area contributed by atoms with Gasteiger partial charge in [-0.2, -0.15) is 0 Å². The Balaban J connectivity index is 1.80. The number of sulfone groups is 1. The number of benzene rings is 1. The first-order valence-electron chi connectivity index (χ1n) is 4.52. The van der Waals surface area contributed by atoms with Crippen LogP contribution in [0.15, 0.2) is 30.3 Å². The molecule has 1 aromatic rings. The number of hydrogen-bond donors (Lipinski definition) is 0. The molecule has 0 amide bonds. The van der Waals surface area contributed by atoms with Crippen LogP contribution in [0.25, 0.3) is 0 Å². The van der Waals surface area contributed by atoms with Crippen LogP contribution in [0.5, 0.6) is 0 Å². The van der Waals surface area contributed by atoms with Gasteiger partial charge >= 0.3 is 0 Å². The summed E-state index contributed by atoms with van der Waals surface area (Å²) in [5.74, 6) is 0.361. The van der Waals surface area contributed by atoms with Crippen molar-refractivity contribution in [3.05, 3.63) is 35.9 Å². The standard InChI is InChI=1S/C10H12O3S/c11-14(12)7-10(8-14)13-6-9-4-2-1-3-5-9/h1-5,10H,6-8H2. The molecule has 1 heterocycles. The first kappa shape index (κ1) is 9.68. The highest BCUT2D eigenvalue weighted by Gasteiger charge is 2.33. The van der Waals surface area contributed by atoms with Gasteiger partial charge in [0.15, 0.2) is 9.84 Å². The van der Waals surface area contributed by atoms with Crippen LogP contribution < -0.4 is 0 Å². The molecule has 0 aromatic heterocycles. The summed E-state index contributed by atoms with van der Waals surface area (Å²) in [7, 11) is -2.76. The van der Waals surface area contributed by atoms with E-state index in [0.717, 1.165) is 5.56 Å². The molecule has 1 aliphatic rings. The zero-order chi connectivity index (χ0) is 10.0. The molecule has 0 unspecified atom stereocenters. The Labute approximate surface area is 83.6 Å². The molecule has 1 saturated heterocycles. The summed E-state index contributed by atoms with van der Waals surface area (Å²) in [6.45, 7) is 0.501. The van der Waals surface area contributed by atoms with E-state index < -0.39 is 9.84 Å². The van der Waals surface area contributed by atoms with E-state index in [1.54, 1.807) is 0 Å². The van der Waals surface area contributed by atoms with Crippen LogP contribution in [-0.2, 0) is 21.2 Å². The van der Waals surface area contributed by atoms with Crippen molar-refractivity contribution >= 4 is 9.84 Å². The molecule has 0 saturated carbocycles. The van der Waals surface area contributed by atoms with E-state index in [0.29, 0.717) is 6.61 Å². The van der Waals surface area contributed by atoms with Gasteiger partial charge in [0.1, 0.15) is 0 Å². The second kappa shape index (κ2) is 3.71. The first-order valence-corrected chi connectivity index (χ1v) is 6.34. The molecule has 0 spiro atoms. The van der Waals surface area contributed by atoms with Crippen LogP contribution in [0.3, 0.4) is 0 Å². The van der Waals surface area contributed by atoms with Crippen LogP contribution >= 0.6 is 0 Å². The molecule has 2 rings (SSSR count). The smallest absolute Gasteiger partial charge is 0.155 e. The summed E-state index contributed by atoms with van der Waals surface area (Å²) >= 11 is 0. The summed E-state index contributed by atoms with van der Waals surface area (Å²) in [6.07, 6.45) is -0.0970. The van der Waals surface area contributed by atoms with Gasteiger partial charge in [0, 0.05) is 0 Å². The minimum absolute atomic E-state index is 0.0970. The Hall–Kier alpha value is -0.870. The van der Waals surface area contributed by atoms with Crippen molar-refractivity contribution in [2.24, 2.45) is 0 Å². The summed E-state index contributed by atoms with van der Waals surface area (Å²) in [5, 5.41) is 0. The minimum Gasteiger partial charge on any atom is -0.371 e. The lowest BCUT2D eigenvalue weighted by molar-refractivity contribution is 0.0603. The highest BCUT2D eigenvalue weighted by molar-refractivity contribution is 7.92. The van der Waals surface area contributed by atoms with E-state index in [1.165, 1.54) is 0 Å². The highest BCUT2D eigenvalue weighted by atomic mass is 32.2. The van der Waals surface area contributed by atoms with Crippen molar-refractivity contribution in [3.8, 4) is 0 Å². The maximum Gasteiger partial charge on any atom is 0.155 e. The molecule has 0 N–H and O–H groups in total. The third-order valence-corrected chi connectivity index (χ3v) is 3.97. The molecule has 0 radical (unpaired) electrons. The molecule has 14 heavy (non-hydrogen) atoms. The van der Waals surface area contributed by atoms with Gasteiger partial charge in [0.25, 0.3) is 0 Å². The van der Waals surface area contributed by atoms with Crippen LogP contribution in [0.1, 0.15) is 5.56 Å². The number of hydrogen-bond acceptors (Lipinski definition) is 3. The average Bonchev–Trinajstić information content (AvgIpc) is 2.13. The molecule has 0 aliphatic carbocycles. The Bertz CT molecular complexity index is 385. The largest absolute Gasteiger partial charge is 0.371 e. The van der Waals surface area contributed by atoms with Crippen molar-refractivity contribution < 1.29 is 13.2 Å². The van der Waals surface area contributed by atoms with Gasteiger partial charge in [-0.3, -0.25) is 0 Å². The van der Waals surface area contributed by atoms with Gasteiger partial charge in [-0.1, -0.05) is 30.3 Å². The molecule has 1 aliphatic heterocycles. The highest BCUT2D eigenvalue weighted by Crippen LogP contribution is 2.15. The van der Waals surface area contributed by atoms with Crippen LogP contribution in [0, 0.1) is 0 Å². The zero-order valence-electron chi connectivity index (χ0n) is 7.72. The lowest BCUT2D eigenvalue weighted by Gasteiger charge is -2.25. The van der Waals surface area contributed by atoms with E-state index in [-0.39, 0.29) is 17.6 Å². The fourth-order valence-electron chi connectivity index (χ4n) is 1.40. The van der Waals surface area contributed by atoms with Gasteiger partial charge < -0.3 is 4.74 Å². The number of rotatable bonds is 3. The van der Waals surface area contributed by atoms with Gasteiger partial charge in [0.2, 0.25) is 0 Å². The van der Waals surface area contributed by atoms with E-state index in [2.05, 4.69) is 0 Å². The van der Waals surface area contributed by atoms with Gasteiger partial charge in [-0.15, -0.1) is 0 Å². The normalized spacial score (nSPS) is 20.3. The van der Waals surface area contributed by atoms with E-state index in [9.17, 15) is 8.42 Å². The second-order valence-corrected chi connectivity index (χ2v) is 5.65. The third kappa shape index (κ3) is 2.33. The summed E-state index contributed by atoms with van der Waals surface area (Å²) < 4.78 is 27.1. The quantitative estimate of drug-likeness (QED) is 0.750. The van der Waals surface area contributed by atoms with Crippen molar-refractivity contribution in [1.29, 1.82) is 0 Å². The lowest BCUT2D eigenvalue weighted by atomic mass is 10.2. The van der Waals surface area contributed by atoms with Crippen LogP contribution in [0.4, 0.5) is 0 Å². The van der Waals surface area contributed by atoms with Crippen molar-refractivity contribution in [2.75, 3.05) is 11.5 Å². The van der Waals surface area contributed by atoms with Crippen LogP contribution in [0.2, 0.25) is 0 Å². The fraction of sp³-hybridized carbons (Fsp3) is 0.400. The molecule has 3 nitrogen and oxygen atoms in total. The third-order valence-electron chi connectivity index (χ3n) is 2.21. The van der Waals surface area contributed by atoms with E-state index >= 15 is 0 Å². The Morgan fingerprint density at radius 2 is 1.86 bits per heavy atom. The lowest BCUT2D eigenvalue weighted by Crippen LogP contribution is -2.43. The molecule has 1 aromatic carbocycles. The van der Waals surface area contributed by atoms with Gasteiger partial charge in [0.05, 0.1) is 24.2 Å². The predicted molar refractivity (Wildman–Crippen MR) is 53.7 cm³/mol. The average molecular weight is 212 g/mol.